The number of esters is 1. The summed E-state index contributed by atoms with van der Waals surface area (Å²) >= 11 is 1.44. The standard InChI is InChI=1S/C20H20N2O4S/c1-11-13(3)27-20-17(11)19(25)21-18(22-20)12(2)26-16(24)10-9-15(23)14-7-5-4-6-8-14/h4-8,12H,9-10H2,1-3H3,(H,21,22,25)/t12-/m0/s1. The van der Waals surface area contributed by atoms with Crippen molar-refractivity contribution in [1.82, 2.24) is 9.97 Å². The average molecular weight is 384 g/mol. The van der Waals surface area contributed by atoms with E-state index < -0.39 is 12.1 Å². The lowest BCUT2D eigenvalue weighted by Crippen LogP contribution is -2.17. The highest BCUT2D eigenvalue weighted by Gasteiger charge is 2.19. The van der Waals surface area contributed by atoms with E-state index in [1.165, 1.54) is 11.3 Å². The number of hydrogen-bond acceptors (Lipinski definition) is 6. The van der Waals surface area contributed by atoms with Gasteiger partial charge in [0.25, 0.3) is 5.56 Å². The number of hydrogen-bond donors (Lipinski definition) is 1. The number of Topliss-reactive ketones (excluding diaryl/α,β-unsaturated/α-hetero) is 1. The van der Waals surface area contributed by atoms with Gasteiger partial charge in [0, 0.05) is 16.9 Å². The molecule has 0 aliphatic heterocycles. The fourth-order valence-electron chi connectivity index (χ4n) is 2.76. The minimum absolute atomic E-state index is 0.0260. The number of carbonyl (C=O) groups excluding carboxylic acids is 2. The molecular formula is C20H20N2O4S. The Hall–Kier alpha value is -2.80. The number of rotatable bonds is 6. The number of H-pyrrole nitrogens is 1. The highest BCUT2D eigenvalue weighted by Crippen LogP contribution is 2.27. The molecule has 7 heteroatoms. The van der Waals surface area contributed by atoms with Gasteiger partial charge in [0.2, 0.25) is 0 Å². The Kier molecular flexibility index (Phi) is 5.51. The molecule has 0 spiro atoms. The van der Waals surface area contributed by atoms with Crippen molar-refractivity contribution in [3.63, 3.8) is 0 Å². The minimum Gasteiger partial charge on any atom is -0.454 e. The largest absolute Gasteiger partial charge is 0.454 e. The number of nitrogens with zero attached hydrogens (tertiary/aromatic N) is 1. The number of ether oxygens (including phenoxy) is 1. The first-order chi connectivity index (χ1) is 12.9. The van der Waals surface area contributed by atoms with Crippen LogP contribution in [0.4, 0.5) is 0 Å². The van der Waals surface area contributed by atoms with E-state index in [9.17, 15) is 14.4 Å². The molecule has 0 bridgehead atoms. The molecule has 0 aliphatic rings. The molecule has 2 heterocycles. The quantitative estimate of drug-likeness (QED) is 0.515. The van der Waals surface area contributed by atoms with Crippen LogP contribution < -0.4 is 5.56 Å². The molecule has 1 aromatic carbocycles. The second-order valence-electron chi connectivity index (χ2n) is 6.34. The number of aromatic amines is 1. The van der Waals surface area contributed by atoms with Gasteiger partial charge < -0.3 is 9.72 Å². The third-order valence-corrected chi connectivity index (χ3v) is 5.50. The number of fused-ring (bicyclic) bond motifs is 1. The van der Waals surface area contributed by atoms with Crippen LogP contribution in [-0.4, -0.2) is 21.7 Å². The summed E-state index contributed by atoms with van der Waals surface area (Å²) in [6.07, 6.45) is -0.659. The van der Waals surface area contributed by atoms with Crippen LogP contribution >= 0.6 is 11.3 Å². The van der Waals surface area contributed by atoms with E-state index in [-0.39, 0.29) is 24.2 Å². The lowest BCUT2D eigenvalue weighted by atomic mass is 10.1. The van der Waals surface area contributed by atoms with Gasteiger partial charge in [-0.25, -0.2) is 4.98 Å². The fraction of sp³-hybridized carbons (Fsp3) is 0.300. The molecule has 0 unspecified atom stereocenters. The Balaban J connectivity index is 1.65. The summed E-state index contributed by atoms with van der Waals surface area (Å²) in [6, 6.07) is 8.81. The highest BCUT2D eigenvalue weighted by molar-refractivity contribution is 7.18. The van der Waals surface area contributed by atoms with E-state index in [0.29, 0.717) is 21.6 Å². The third-order valence-electron chi connectivity index (χ3n) is 4.40. The van der Waals surface area contributed by atoms with Crippen molar-refractivity contribution in [2.45, 2.75) is 39.7 Å². The Labute approximate surface area is 160 Å². The predicted octanol–water partition coefficient (Wildman–Crippen LogP) is 3.87. The number of aromatic nitrogens is 2. The summed E-state index contributed by atoms with van der Waals surface area (Å²) < 4.78 is 5.34. The van der Waals surface area contributed by atoms with Crippen LogP contribution in [0.2, 0.25) is 0 Å². The van der Waals surface area contributed by atoms with Crippen molar-refractivity contribution < 1.29 is 14.3 Å². The van der Waals surface area contributed by atoms with Gasteiger partial charge in [0.05, 0.1) is 11.8 Å². The molecule has 6 nitrogen and oxygen atoms in total. The summed E-state index contributed by atoms with van der Waals surface area (Å²) in [6.45, 7) is 5.47. The molecule has 2 aromatic heterocycles. The van der Waals surface area contributed by atoms with Crippen molar-refractivity contribution in [3.05, 3.63) is 62.5 Å². The van der Waals surface area contributed by atoms with Gasteiger partial charge in [-0.1, -0.05) is 30.3 Å². The smallest absolute Gasteiger partial charge is 0.306 e. The van der Waals surface area contributed by atoms with Gasteiger partial charge in [0.1, 0.15) is 4.83 Å². The molecule has 3 aromatic rings. The van der Waals surface area contributed by atoms with Crippen molar-refractivity contribution in [2.75, 3.05) is 0 Å². The molecule has 0 aliphatic carbocycles. The van der Waals surface area contributed by atoms with E-state index >= 15 is 0 Å². The van der Waals surface area contributed by atoms with Crippen LogP contribution in [0.15, 0.2) is 35.1 Å². The molecule has 140 valence electrons. The van der Waals surface area contributed by atoms with E-state index in [2.05, 4.69) is 9.97 Å². The van der Waals surface area contributed by atoms with Crippen molar-refractivity contribution in [3.8, 4) is 0 Å². The maximum Gasteiger partial charge on any atom is 0.306 e. The van der Waals surface area contributed by atoms with Gasteiger partial charge in [-0.2, -0.15) is 0 Å². The van der Waals surface area contributed by atoms with E-state index in [0.717, 1.165) is 10.4 Å². The SMILES string of the molecule is Cc1sc2nc([C@H](C)OC(=O)CCC(=O)c3ccccc3)[nH]c(=O)c2c1C. The lowest BCUT2D eigenvalue weighted by molar-refractivity contribution is -0.148. The molecular weight excluding hydrogens is 364 g/mol. The van der Waals surface area contributed by atoms with Gasteiger partial charge in [-0.3, -0.25) is 14.4 Å². The Morgan fingerprint density at radius 3 is 2.59 bits per heavy atom. The molecule has 1 N–H and O–H groups in total. The van der Waals surface area contributed by atoms with Crippen LogP contribution in [-0.2, 0) is 9.53 Å². The Morgan fingerprint density at radius 1 is 1.19 bits per heavy atom. The van der Waals surface area contributed by atoms with Crippen molar-refractivity contribution in [1.29, 1.82) is 0 Å². The van der Waals surface area contributed by atoms with Gasteiger partial charge in [0.15, 0.2) is 17.7 Å². The van der Waals surface area contributed by atoms with E-state index in [4.69, 9.17) is 4.74 Å². The van der Waals surface area contributed by atoms with Crippen LogP contribution in [0, 0.1) is 13.8 Å². The Morgan fingerprint density at radius 2 is 1.89 bits per heavy atom. The predicted molar refractivity (Wildman–Crippen MR) is 104 cm³/mol. The normalized spacial score (nSPS) is 12.1. The van der Waals surface area contributed by atoms with Crippen LogP contribution in [0.5, 0.6) is 0 Å². The van der Waals surface area contributed by atoms with Crippen LogP contribution in [0.3, 0.4) is 0 Å². The topological polar surface area (TPSA) is 89.1 Å². The zero-order chi connectivity index (χ0) is 19.6. The third kappa shape index (κ3) is 4.14. The molecule has 0 amide bonds. The minimum atomic E-state index is -0.705. The van der Waals surface area contributed by atoms with E-state index in [1.807, 2.05) is 19.9 Å². The summed E-state index contributed by atoms with van der Waals surface area (Å²) in [5, 5.41) is 0.577. The number of thiophene rings is 1. The number of ketones is 1. The lowest BCUT2D eigenvalue weighted by Gasteiger charge is -2.12. The maximum absolute atomic E-state index is 12.3. The maximum atomic E-state index is 12.3. The van der Waals surface area contributed by atoms with Gasteiger partial charge in [-0.15, -0.1) is 11.3 Å². The molecule has 0 saturated heterocycles. The summed E-state index contributed by atoms with van der Waals surface area (Å²) in [5.41, 5.74) is 1.25. The van der Waals surface area contributed by atoms with Gasteiger partial charge >= 0.3 is 5.97 Å². The number of carbonyl (C=O) groups is 2. The fourth-order valence-corrected chi connectivity index (χ4v) is 3.80. The molecule has 1 atom stereocenters. The first-order valence-corrected chi connectivity index (χ1v) is 9.46. The molecule has 3 rings (SSSR count). The average Bonchev–Trinajstić information content (AvgIpc) is 2.94. The molecule has 0 fully saturated rings. The second-order valence-corrected chi connectivity index (χ2v) is 7.54. The summed E-state index contributed by atoms with van der Waals surface area (Å²) in [5.74, 6) is -0.317. The molecule has 27 heavy (non-hydrogen) atoms. The molecule has 0 radical (unpaired) electrons. The van der Waals surface area contributed by atoms with Crippen LogP contribution in [0.1, 0.15) is 52.5 Å². The van der Waals surface area contributed by atoms with Crippen molar-refractivity contribution in [2.24, 2.45) is 0 Å². The Bertz CT molecular complexity index is 1050. The van der Waals surface area contributed by atoms with Crippen LogP contribution in [0.25, 0.3) is 10.2 Å². The highest BCUT2D eigenvalue weighted by atomic mass is 32.1. The second kappa shape index (κ2) is 7.84. The number of benzene rings is 1. The zero-order valence-electron chi connectivity index (χ0n) is 15.4. The van der Waals surface area contributed by atoms with E-state index in [1.54, 1.807) is 31.2 Å². The summed E-state index contributed by atoms with van der Waals surface area (Å²) in [4.78, 5) is 45.3. The number of nitrogens with one attached hydrogen (secondary N) is 1. The number of aryl methyl sites for hydroxylation is 2. The molecule has 0 saturated carbocycles. The first-order valence-electron chi connectivity index (χ1n) is 8.64. The zero-order valence-corrected chi connectivity index (χ0v) is 16.2. The first kappa shape index (κ1) is 19.0. The van der Waals surface area contributed by atoms with Gasteiger partial charge in [-0.05, 0) is 26.3 Å². The monoisotopic (exact) mass is 384 g/mol. The summed E-state index contributed by atoms with van der Waals surface area (Å²) in [7, 11) is 0. The van der Waals surface area contributed by atoms with Crippen molar-refractivity contribution >= 4 is 33.3 Å².